The van der Waals surface area contributed by atoms with Gasteiger partial charge in [0.25, 0.3) is 0 Å². The first-order chi connectivity index (χ1) is 21.5. The summed E-state index contributed by atoms with van der Waals surface area (Å²) in [6.07, 6.45) is 0. The maximum Gasteiger partial charge on any atom is 0.214 e. The number of hydrogen-bond donors (Lipinski definition) is 0. The second kappa shape index (κ2) is 40.2. The molecule has 0 saturated heterocycles. The average molecular weight is 647 g/mol. The molecular weight excluding hydrogens is 600 g/mol. The van der Waals surface area contributed by atoms with Crippen molar-refractivity contribution in [2.45, 2.75) is 6.61 Å². The molecule has 0 saturated carbocycles. The van der Waals surface area contributed by atoms with Crippen molar-refractivity contribution in [3.05, 3.63) is 54.1 Å². The highest BCUT2D eigenvalue weighted by Crippen LogP contribution is 2.17. The Morgan fingerprint density at radius 1 is 0.341 bits per heavy atom. The highest BCUT2D eigenvalue weighted by atomic mass is 17.3. The Kier molecular flexibility index (Phi) is 41.8. The fraction of sp³-hybridized carbons (Fsp3) is 0.538. The van der Waals surface area contributed by atoms with Crippen LogP contribution in [-0.2, 0) is 79.6 Å². The summed E-state index contributed by atoms with van der Waals surface area (Å²) in [4.78, 5) is 70.4. The molecule has 0 bridgehead atoms. The first kappa shape index (κ1) is 45.7. The third-order valence-electron chi connectivity index (χ3n) is 3.53. The minimum atomic E-state index is -0.00694. The van der Waals surface area contributed by atoms with Gasteiger partial charge in [0.15, 0.2) is 17.2 Å². The summed E-state index contributed by atoms with van der Waals surface area (Å²) >= 11 is 0. The molecule has 18 heteroatoms. The normalized spacial score (nSPS) is 9.50. The standard InChI is InChI=1S/C9H12O4.C8H10O4.2C3H8O4.C3H8O2/c1-10-12-7-8-3-5-9(6-4-8)13-11-2;1-9-11-7-3-5-8(6-4-7)12-10-2;2*1-4-6-3-7-5-2;1-4-3-5-2/h3-6H,7H2,1-2H3;3-6H,1-2H3;2*3H2,1-2H3;3H2,1-2H3. The van der Waals surface area contributed by atoms with Crippen molar-refractivity contribution in [3.63, 3.8) is 0 Å². The maximum absolute atomic E-state index is 4.79. The molecule has 18 nitrogen and oxygen atoms in total. The first-order valence-electron chi connectivity index (χ1n) is 12.0. The highest BCUT2D eigenvalue weighted by Gasteiger charge is 1.96. The summed E-state index contributed by atoms with van der Waals surface area (Å²) < 4.78 is 8.94. The number of benzene rings is 2. The summed E-state index contributed by atoms with van der Waals surface area (Å²) in [5, 5.41) is 0. The van der Waals surface area contributed by atoms with Crippen molar-refractivity contribution < 1.29 is 87.7 Å². The van der Waals surface area contributed by atoms with E-state index in [4.69, 9.17) is 19.6 Å². The van der Waals surface area contributed by atoms with Crippen LogP contribution in [0.5, 0.6) is 17.2 Å². The molecule has 0 aliphatic heterocycles. The van der Waals surface area contributed by atoms with Crippen LogP contribution >= 0.6 is 0 Å². The Morgan fingerprint density at radius 3 is 0.864 bits per heavy atom. The van der Waals surface area contributed by atoms with E-state index >= 15 is 0 Å². The van der Waals surface area contributed by atoms with E-state index in [1.54, 1.807) is 50.6 Å². The van der Waals surface area contributed by atoms with Gasteiger partial charge in [-0.2, -0.15) is 14.7 Å². The van der Waals surface area contributed by atoms with E-state index in [0.717, 1.165) is 5.56 Å². The summed E-state index contributed by atoms with van der Waals surface area (Å²) in [6.45, 7) is 0.795. The van der Waals surface area contributed by atoms with Crippen LogP contribution in [-0.4, -0.2) is 91.5 Å². The molecule has 0 fully saturated rings. The zero-order valence-electron chi connectivity index (χ0n) is 26.8. The number of methoxy groups -OCH3 is 2. The molecule has 44 heavy (non-hydrogen) atoms. The molecule has 0 heterocycles. The third-order valence-corrected chi connectivity index (χ3v) is 3.53. The highest BCUT2D eigenvalue weighted by molar-refractivity contribution is 5.30. The van der Waals surface area contributed by atoms with Crippen molar-refractivity contribution in [2.75, 3.05) is 91.5 Å². The molecule has 0 aliphatic rings. The van der Waals surface area contributed by atoms with Gasteiger partial charge in [-0.1, -0.05) is 12.1 Å². The van der Waals surface area contributed by atoms with Gasteiger partial charge < -0.3 is 24.1 Å². The van der Waals surface area contributed by atoms with E-state index in [1.807, 2.05) is 12.1 Å². The zero-order valence-corrected chi connectivity index (χ0v) is 26.8. The molecule has 0 amide bonds. The van der Waals surface area contributed by atoms with E-state index in [1.165, 1.54) is 56.9 Å². The van der Waals surface area contributed by atoms with Gasteiger partial charge in [0, 0.05) is 14.2 Å². The van der Waals surface area contributed by atoms with Gasteiger partial charge in [0.1, 0.15) is 13.4 Å². The number of rotatable bonds is 19. The van der Waals surface area contributed by atoms with Gasteiger partial charge in [-0.25, -0.2) is 48.9 Å². The van der Waals surface area contributed by atoms with E-state index in [2.05, 4.69) is 68.1 Å². The fourth-order valence-corrected chi connectivity index (χ4v) is 1.96. The second-order valence-corrected chi connectivity index (χ2v) is 6.36. The Bertz CT molecular complexity index is 722. The average Bonchev–Trinajstić information content (AvgIpc) is 3.04. The largest absolute Gasteiger partial charge is 0.359 e. The van der Waals surface area contributed by atoms with Crippen LogP contribution in [0.4, 0.5) is 0 Å². The molecule has 2 aromatic rings. The molecule has 0 radical (unpaired) electrons. The second-order valence-electron chi connectivity index (χ2n) is 6.36. The molecule has 0 spiro atoms. The van der Waals surface area contributed by atoms with Crippen molar-refractivity contribution in [1.29, 1.82) is 0 Å². The molecule has 0 unspecified atom stereocenters. The van der Waals surface area contributed by atoms with Gasteiger partial charge in [-0.05, 0) is 42.0 Å². The van der Waals surface area contributed by atoms with Gasteiger partial charge in [0.05, 0.1) is 56.9 Å². The predicted octanol–water partition coefficient (Wildman–Crippen LogP) is 3.71. The van der Waals surface area contributed by atoms with Crippen LogP contribution < -0.4 is 14.7 Å². The van der Waals surface area contributed by atoms with Crippen molar-refractivity contribution in [3.8, 4) is 17.2 Å². The van der Waals surface area contributed by atoms with Crippen molar-refractivity contribution in [1.82, 2.24) is 0 Å². The predicted molar refractivity (Wildman–Crippen MR) is 149 cm³/mol. The monoisotopic (exact) mass is 646 g/mol. The Hall–Kier alpha value is -2.76. The zero-order chi connectivity index (χ0) is 33.5. The van der Waals surface area contributed by atoms with E-state index in [9.17, 15) is 0 Å². The van der Waals surface area contributed by atoms with Gasteiger partial charge in [-0.3, -0.25) is 0 Å². The van der Waals surface area contributed by atoms with Crippen LogP contribution in [0.15, 0.2) is 48.5 Å². The molecule has 0 aromatic heterocycles. The lowest BCUT2D eigenvalue weighted by Gasteiger charge is -2.02. The molecular formula is C26H46O18. The Balaban J connectivity index is -0.000000501. The topological polar surface area (TPSA) is 166 Å². The van der Waals surface area contributed by atoms with Gasteiger partial charge >= 0.3 is 0 Å². The van der Waals surface area contributed by atoms with E-state index < -0.39 is 0 Å². The maximum atomic E-state index is 4.79. The summed E-state index contributed by atoms with van der Waals surface area (Å²) in [7, 11) is 14.5. The lowest BCUT2D eigenvalue weighted by Crippen LogP contribution is -1.96. The molecule has 0 atom stereocenters. The molecule has 0 aliphatic carbocycles. The smallest absolute Gasteiger partial charge is 0.214 e. The van der Waals surface area contributed by atoms with Crippen molar-refractivity contribution in [2.24, 2.45) is 0 Å². The Morgan fingerprint density at radius 2 is 0.636 bits per heavy atom. The first-order valence-corrected chi connectivity index (χ1v) is 12.0. The molecule has 258 valence electrons. The van der Waals surface area contributed by atoms with Gasteiger partial charge in [0.2, 0.25) is 13.6 Å². The lowest BCUT2D eigenvalue weighted by molar-refractivity contribution is -0.402. The quantitative estimate of drug-likeness (QED) is 0.0937. The van der Waals surface area contributed by atoms with E-state index in [-0.39, 0.29) is 13.6 Å². The van der Waals surface area contributed by atoms with Crippen LogP contribution in [0.3, 0.4) is 0 Å². The summed E-state index contributed by atoms with van der Waals surface area (Å²) in [5.41, 5.74) is 1.00. The van der Waals surface area contributed by atoms with Crippen LogP contribution in [0, 0.1) is 0 Å². The van der Waals surface area contributed by atoms with E-state index in [0.29, 0.717) is 30.6 Å². The third kappa shape index (κ3) is 35.4. The number of ether oxygens (including phenoxy) is 2. The minimum Gasteiger partial charge on any atom is -0.359 e. The van der Waals surface area contributed by atoms with Gasteiger partial charge in [-0.15, -0.1) is 0 Å². The number of hydrogen-bond acceptors (Lipinski definition) is 18. The molecule has 2 aromatic carbocycles. The molecule has 0 N–H and O–H groups in total. The fourth-order valence-electron chi connectivity index (χ4n) is 1.96. The lowest BCUT2D eigenvalue weighted by atomic mass is 10.2. The van der Waals surface area contributed by atoms with Crippen LogP contribution in [0.25, 0.3) is 0 Å². The van der Waals surface area contributed by atoms with Crippen LogP contribution in [0.2, 0.25) is 0 Å². The summed E-state index contributed by atoms with van der Waals surface area (Å²) in [6, 6.07) is 14.1. The van der Waals surface area contributed by atoms with Crippen LogP contribution in [0.1, 0.15) is 5.56 Å². The minimum absolute atomic E-state index is 0.00694. The SMILES string of the molecule is COCOC.COOCOOC.COOCOOC.COOCc1ccc(OOC)cc1.COOc1ccc(OOC)cc1. The Labute approximate surface area is 257 Å². The molecule has 2 rings (SSSR count). The summed E-state index contributed by atoms with van der Waals surface area (Å²) in [5.74, 6) is 1.88. The van der Waals surface area contributed by atoms with Crippen molar-refractivity contribution >= 4 is 0 Å².